The number of nitrogens with zero attached hydrogens (tertiary/aromatic N) is 1. The molecule has 3 aromatic heterocycles. The van der Waals surface area contributed by atoms with Gasteiger partial charge in [-0.2, -0.15) is 0 Å². The molecule has 0 aliphatic heterocycles. The van der Waals surface area contributed by atoms with Crippen molar-refractivity contribution in [3.63, 3.8) is 0 Å². The lowest BCUT2D eigenvalue weighted by atomic mass is 9.98. The third-order valence-electron chi connectivity index (χ3n) is 6.61. The Kier molecular flexibility index (Phi) is 3.11. The number of phenolic OH excluding ortho intramolecular Hbond substituents is 2. The molecule has 4 heteroatoms. The summed E-state index contributed by atoms with van der Waals surface area (Å²) in [6, 6.07) is 20.4. The maximum Gasteiger partial charge on any atom is 0.117 e. The van der Waals surface area contributed by atoms with Gasteiger partial charge < -0.3 is 14.6 Å². The maximum absolute atomic E-state index is 10.0. The van der Waals surface area contributed by atoms with Crippen molar-refractivity contribution in [1.29, 1.82) is 0 Å². The van der Waals surface area contributed by atoms with E-state index in [1.807, 2.05) is 24.3 Å². The third kappa shape index (κ3) is 2.13. The van der Waals surface area contributed by atoms with Gasteiger partial charge in [0.15, 0.2) is 0 Å². The molecule has 0 aliphatic rings. The van der Waals surface area contributed by atoms with E-state index >= 15 is 0 Å². The number of fused-ring (bicyclic) bond motifs is 9. The Hall–Kier alpha value is -3.50. The van der Waals surface area contributed by atoms with Gasteiger partial charge in [-0.3, -0.25) is 0 Å². The first-order valence-electron chi connectivity index (χ1n) is 10.5. The fraction of sp³-hybridized carbons (Fsp3) is 0.111. The van der Waals surface area contributed by atoms with Gasteiger partial charge >= 0.3 is 0 Å². The number of aromatic nitrogens is 1. The summed E-state index contributed by atoms with van der Waals surface area (Å²) >= 11 is 1.75. The largest absolute Gasteiger partial charge is 0.508 e. The van der Waals surface area contributed by atoms with E-state index in [1.165, 1.54) is 37.5 Å². The molecule has 3 nitrogen and oxygen atoms in total. The van der Waals surface area contributed by atoms with Crippen LogP contribution in [0.5, 0.6) is 11.5 Å². The van der Waals surface area contributed by atoms with Crippen LogP contribution in [0.15, 0.2) is 60.7 Å². The molecule has 0 atom stereocenters. The van der Waals surface area contributed by atoms with Crippen molar-refractivity contribution in [2.24, 2.45) is 0 Å². The maximum atomic E-state index is 10.0. The molecule has 0 unspecified atom stereocenters. The van der Waals surface area contributed by atoms with E-state index < -0.39 is 0 Å². The fourth-order valence-corrected chi connectivity index (χ4v) is 6.35. The predicted octanol–water partition coefficient (Wildman–Crippen LogP) is 7.74. The van der Waals surface area contributed by atoms with Crippen LogP contribution in [-0.4, -0.2) is 14.6 Å². The molecule has 0 saturated heterocycles. The van der Waals surface area contributed by atoms with E-state index in [2.05, 4.69) is 42.5 Å². The van der Waals surface area contributed by atoms with E-state index in [0.717, 1.165) is 26.4 Å². The molecule has 31 heavy (non-hydrogen) atoms. The summed E-state index contributed by atoms with van der Waals surface area (Å²) < 4.78 is 4.75. The number of phenols is 2. The van der Waals surface area contributed by atoms with Crippen molar-refractivity contribution >= 4 is 69.6 Å². The van der Waals surface area contributed by atoms with E-state index in [9.17, 15) is 10.2 Å². The zero-order chi connectivity index (χ0) is 21.0. The molecule has 0 bridgehead atoms. The fourth-order valence-electron chi connectivity index (χ4n) is 5.11. The van der Waals surface area contributed by atoms with Crippen LogP contribution in [0, 0.1) is 0 Å². The molecule has 2 N–H and O–H groups in total. The summed E-state index contributed by atoms with van der Waals surface area (Å²) in [5, 5.41) is 27.2. The van der Waals surface area contributed by atoms with Crippen LogP contribution in [0.25, 0.3) is 58.3 Å². The van der Waals surface area contributed by atoms with E-state index in [-0.39, 0.29) is 5.75 Å². The minimum Gasteiger partial charge on any atom is -0.508 e. The normalized spacial score (nSPS) is 12.7. The minimum atomic E-state index is 0.282. The lowest BCUT2D eigenvalue weighted by molar-refractivity contribution is 0.475. The van der Waals surface area contributed by atoms with Crippen LogP contribution in [0.2, 0.25) is 0 Å². The minimum absolute atomic E-state index is 0.282. The predicted molar refractivity (Wildman–Crippen MR) is 131 cm³/mol. The smallest absolute Gasteiger partial charge is 0.117 e. The molecule has 0 amide bonds. The molecule has 4 aromatic carbocycles. The highest BCUT2D eigenvalue weighted by atomic mass is 32.1. The third-order valence-corrected chi connectivity index (χ3v) is 7.78. The summed E-state index contributed by atoms with van der Waals surface area (Å²) in [4.78, 5) is 0. The van der Waals surface area contributed by atoms with Crippen LogP contribution in [0.3, 0.4) is 0 Å². The molecule has 0 spiro atoms. The quantitative estimate of drug-likeness (QED) is 0.285. The second-order valence-electron chi connectivity index (χ2n) is 8.82. The average Bonchev–Trinajstić information content (AvgIpc) is 3.36. The Morgan fingerprint density at radius 2 is 1.48 bits per heavy atom. The number of hydrogen-bond donors (Lipinski definition) is 2. The Morgan fingerprint density at radius 1 is 0.710 bits per heavy atom. The second kappa shape index (κ2) is 5.59. The van der Waals surface area contributed by atoms with Gasteiger partial charge in [-0.15, -0.1) is 11.3 Å². The van der Waals surface area contributed by atoms with Gasteiger partial charge in [-0.1, -0.05) is 19.9 Å². The van der Waals surface area contributed by atoms with Crippen LogP contribution in [0.4, 0.5) is 0 Å². The molecule has 7 rings (SSSR count). The summed E-state index contributed by atoms with van der Waals surface area (Å²) in [5.41, 5.74) is 4.95. The van der Waals surface area contributed by atoms with Crippen molar-refractivity contribution in [3.8, 4) is 11.5 Å². The first-order valence-corrected chi connectivity index (χ1v) is 11.3. The number of thiophene rings is 1. The van der Waals surface area contributed by atoms with Crippen LogP contribution in [0.1, 0.15) is 25.3 Å². The van der Waals surface area contributed by atoms with Gasteiger partial charge in [0.1, 0.15) is 11.5 Å². The zero-order valence-corrected chi connectivity index (χ0v) is 17.9. The Balaban J connectivity index is 1.81. The van der Waals surface area contributed by atoms with Crippen molar-refractivity contribution < 1.29 is 10.2 Å². The Bertz CT molecular complexity index is 1840. The van der Waals surface area contributed by atoms with E-state index in [1.54, 1.807) is 23.5 Å². The standard InChI is InChI=1S/C27H19NO2S/c1-13(2)15-9-21-20-8-14-3-4-17(29)7-16(14)11-23(20)28-25(21)22(10-15)27-26(28)19-6-5-18(30)12-24(19)31-27/h3-13,29-30H,1-2H3. The molecule has 0 aliphatic carbocycles. The lowest BCUT2D eigenvalue weighted by Crippen LogP contribution is -1.86. The first-order chi connectivity index (χ1) is 15.0. The number of aromatic hydroxyl groups is 2. The Morgan fingerprint density at radius 3 is 2.32 bits per heavy atom. The van der Waals surface area contributed by atoms with Gasteiger partial charge in [0.05, 0.1) is 21.3 Å². The first kappa shape index (κ1) is 17.2. The number of benzene rings is 4. The van der Waals surface area contributed by atoms with Gasteiger partial charge in [0.25, 0.3) is 0 Å². The van der Waals surface area contributed by atoms with Gasteiger partial charge in [0.2, 0.25) is 0 Å². The molecular formula is C27H19NO2S. The molecule has 0 saturated carbocycles. The van der Waals surface area contributed by atoms with Gasteiger partial charge in [0, 0.05) is 26.2 Å². The summed E-state index contributed by atoms with van der Waals surface area (Å²) in [6.45, 7) is 4.48. The van der Waals surface area contributed by atoms with E-state index in [4.69, 9.17) is 0 Å². The molecule has 150 valence electrons. The monoisotopic (exact) mass is 421 g/mol. The average molecular weight is 422 g/mol. The van der Waals surface area contributed by atoms with Crippen molar-refractivity contribution in [2.75, 3.05) is 0 Å². The van der Waals surface area contributed by atoms with Gasteiger partial charge in [-0.05, 0) is 76.9 Å². The zero-order valence-electron chi connectivity index (χ0n) is 17.1. The molecule has 3 heterocycles. The summed E-state index contributed by atoms with van der Waals surface area (Å²) in [5.74, 6) is 1.01. The van der Waals surface area contributed by atoms with Crippen molar-refractivity contribution in [1.82, 2.24) is 4.40 Å². The number of hydrogen-bond acceptors (Lipinski definition) is 3. The molecule has 0 radical (unpaired) electrons. The van der Waals surface area contributed by atoms with E-state index in [0.29, 0.717) is 11.7 Å². The van der Waals surface area contributed by atoms with Crippen molar-refractivity contribution in [3.05, 3.63) is 66.2 Å². The Labute approximate surface area is 181 Å². The SMILES string of the molecule is CC(C)c1cc2c3cc4ccc(O)cc4cc3n3c2c(c1)c1sc2cc(O)ccc2c13. The molecule has 0 fully saturated rings. The molecular weight excluding hydrogens is 402 g/mol. The second-order valence-corrected chi connectivity index (χ2v) is 9.87. The molecule has 7 aromatic rings. The highest BCUT2D eigenvalue weighted by molar-refractivity contribution is 7.26. The summed E-state index contributed by atoms with van der Waals surface area (Å²) in [7, 11) is 0. The highest BCUT2D eigenvalue weighted by Crippen LogP contribution is 2.47. The van der Waals surface area contributed by atoms with Crippen molar-refractivity contribution in [2.45, 2.75) is 19.8 Å². The number of rotatable bonds is 1. The van der Waals surface area contributed by atoms with Crippen LogP contribution in [-0.2, 0) is 0 Å². The van der Waals surface area contributed by atoms with Gasteiger partial charge in [-0.25, -0.2) is 0 Å². The lowest BCUT2D eigenvalue weighted by Gasteiger charge is -2.06. The topological polar surface area (TPSA) is 44.9 Å². The van der Waals surface area contributed by atoms with Crippen LogP contribution >= 0.6 is 11.3 Å². The highest BCUT2D eigenvalue weighted by Gasteiger charge is 2.22. The summed E-state index contributed by atoms with van der Waals surface area (Å²) in [6.07, 6.45) is 0. The van der Waals surface area contributed by atoms with Crippen LogP contribution < -0.4 is 0 Å².